The molecule has 46 heavy (non-hydrogen) atoms. The minimum atomic E-state index is 0.108. The van der Waals surface area contributed by atoms with Crippen LogP contribution in [0.25, 0.3) is 38.6 Å². The van der Waals surface area contributed by atoms with Crippen LogP contribution in [0.15, 0.2) is 158 Å². The highest BCUT2D eigenvalue weighted by molar-refractivity contribution is 6.96. The first-order chi connectivity index (χ1) is 22.8. The molecule has 4 heteroatoms. The molecule has 8 aromatic rings. The first-order valence-corrected chi connectivity index (χ1v) is 15.9. The number of para-hydroxylation sites is 2. The van der Waals surface area contributed by atoms with E-state index in [0.29, 0.717) is 0 Å². The first kappa shape index (κ1) is 25.5. The number of aromatic nitrogens is 2. The molecular weight excluding hydrogens is 559 g/mol. The smallest absolute Gasteiger partial charge is 0.250 e. The van der Waals surface area contributed by atoms with E-state index in [2.05, 4.69) is 161 Å². The van der Waals surface area contributed by atoms with Gasteiger partial charge < -0.3 is 9.30 Å². The van der Waals surface area contributed by atoms with Gasteiger partial charge in [0.2, 0.25) is 0 Å². The third-order valence-corrected chi connectivity index (χ3v) is 9.90. The van der Waals surface area contributed by atoms with Crippen molar-refractivity contribution in [1.82, 2.24) is 9.55 Å². The monoisotopic (exact) mass is 586 g/mol. The van der Waals surface area contributed by atoms with Gasteiger partial charge in [0, 0.05) is 40.8 Å². The zero-order valence-electron chi connectivity index (χ0n) is 25.0. The highest BCUT2D eigenvalue weighted by Gasteiger charge is 2.34. The van der Waals surface area contributed by atoms with Crippen molar-refractivity contribution in [1.29, 1.82) is 0 Å². The molecule has 0 saturated heterocycles. The van der Waals surface area contributed by atoms with Crippen LogP contribution >= 0.6 is 0 Å². The number of hydrogen-bond donors (Lipinski definition) is 0. The molecule has 0 fully saturated rings. The summed E-state index contributed by atoms with van der Waals surface area (Å²) in [6, 6.07) is 52.4. The van der Waals surface area contributed by atoms with Gasteiger partial charge in [-0.2, -0.15) is 0 Å². The van der Waals surface area contributed by atoms with E-state index in [-0.39, 0.29) is 12.6 Å². The lowest BCUT2D eigenvalue weighted by molar-refractivity contribution is 0.487. The van der Waals surface area contributed by atoms with Gasteiger partial charge in [0.05, 0.1) is 11.0 Å². The van der Waals surface area contributed by atoms with Crippen molar-refractivity contribution in [2.24, 2.45) is 0 Å². The lowest BCUT2D eigenvalue weighted by Gasteiger charge is -2.27. The molecule has 0 radical (unpaired) electrons. The SMILES string of the molecule is c1ccc(B2c3ccccc3Oc3cc(-n4c5ccccc5c5c6c(ccc54)C(c4ccccc4)c4cnccc4-6)ccc32)cc1. The molecule has 2 aliphatic rings. The molecule has 3 heterocycles. The Morgan fingerprint density at radius 1 is 0.609 bits per heavy atom. The van der Waals surface area contributed by atoms with Crippen molar-refractivity contribution in [2.45, 2.75) is 5.92 Å². The van der Waals surface area contributed by atoms with E-state index in [1.54, 1.807) is 0 Å². The number of nitrogens with zero attached hydrogens (tertiary/aromatic N) is 2. The van der Waals surface area contributed by atoms with Gasteiger partial charge in [-0.05, 0) is 69.1 Å². The van der Waals surface area contributed by atoms with Gasteiger partial charge >= 0.3 is 0 Å². The summed E-state index contributed by atoms with van der Waals surface area (Å²) in [6.07, 6.45) is 3.98. The van der Waals surface area contributed by atoms with Gasteiger partial charge in [0.1, 0.15) is 11.5 Å². The largest absolute Gasteiger partial charge is 0.458 e. The Labute approximate surface area is 267 Å². The molecule has 1 unspecified atom stereocenters. The summed E-state index contributed by atoms with van der Waals surface area (Å²) < 4.78 is 9.06. The predicted octanol–water partition coefficient (Wildman–Crippen LogP) is 7.96. The van der Waals surface area contributed by atoms with Crippen molar-refractivity contribution in [3.8, 4) is 28.3 Å². The van der Waals surface area contributed by atoms with E-state index in [1.807, 2.05) is 6.20 Å². The lowest BCUT2D eigenvalue weighted by atomic mass is 9.36. The van der Waals surface area contributed by atoms with Crippen LogP contribution in [0, 0.1) is 0 Å². The fraction of sp³-hybridized carbons (Fsp3) is 0.0238. The second-order valence-electron chi connectivity index (χ2n) is 12.3. The maximum Gasteiger partial charge on any atom is 0.250 e. The van der Waals surface area contributed by atoms with E-state index in [1.165, 1.54) is 66.0 Å². The number of ether oxygens (including phenoxy) is 1. The summed E-state index contributed by atoms with van der Waals surface area (Å²) in [5.74, 6) is 1.97. The van der Waals surface area contributed by atoms with Crippen molar-refractivity contribution in [3.63, 3.8) is 0 Å². The van der Waals surface area contributed by atoms with Crippen LogP contribution in [-0.2, 0) is 0 Å². The van der Waals surface area contributed by atoms with Crippen molar-refractivity contribution >= 4 is 44.9 Å². The van der Waals surface area contributed by atoms with Gasteiger partial charge in [-0.3, -0.25) is 4.98 Å². The molecule has 1 atom stereocenters. The van der Waals surface area contributed by atoms with Crippen LogP contribution in [0.1, 0.15) is 22.6 Å². The van der Waals surface area contributed by atoms with Crippen LogP contribution in [0.2, 0.25) is 0 Å². The number of rotatable bonds is 3. The van der Waals surface area contributed by atoms with Gasteiger partial charge in [-0.25, -0.2) is 0 Å². The molecule has 214 valence electrons. The van der Waals surface area contributed by atoms with Crippen LogP contribution in [0.3, 0.4) is 0 Å². The third kappa shape index (κ3) is 3.58. The van der Waals surface area contributed by atoms with Crippen molar-refractivity contribution in [3.05, 3.63) is 175 Å². The number of benzene rings is 6. The Morgan fingerprint density at radius 2 is 1.37 bits per heavy atom. The molecule has 1 aliphatic heterocycles. The highest BCUT2D eigenvalue weighted by Crippen LogP contribution is 2.52. The van der Waals surface area contributed by atoms with Crippen LogP contribution in [0.4, 0.5) is 0 Å². The average Bonchev–Trinajstić information content (AvgIpc) is 3.64. The standard InChI is InChI=1S/C42H27BN2O/c1-3-11-27(12-4-1)40-32-20-22-37-42(41(32)30-23-24-44-26-33(30)40)31-15-7-9-17-36(31)45(37)29-19-21-35-39(25-29)46-38-18-10-8-16-34(38)43(35)28-13-5-2-6-14-28/h1-26,40H. The number of hydrogen-bond acceptors (Lipinski definition) is 2. The van der Waals surface area contributed by atoms with Crippen LogP contribution in [-0.4, -0.2) is 16.3 Å². The number of pyridine rings is 1. The second kappa shape index (κ2) is 9.82. The number of fused-ring (bicyclic) bond motifs is 9. The first-order valence-electron chi connectivity index (χ1n) is 15.9. The molecule has 6 aromatic carbocycles. The quantitative estimate of drug-likeness (QED) is 0.197. The maximum absolute atomic E-state index is 6.66. The molecular formula is C42H27BN2O. The normalized spacial score (nSPS) is 14.4. The molecule has 0 spiro atoms. The summed E-state index contributed by atoms with van der Waals surface area (Å²) in [7, 11) is 0. The fourth-order valence-corrected chi connectivity index (χ4v) is 8.01. The minimum absolute atomic E-state index is 0.108. The van der Waals surface area contributed by atoms with E-state index >= 15 is 0 Å². The predicted molar refractivity (Wildman–Crippen MR) is 189 cm³/mol. The summed E-state index contributed by atoms with van der Waals surface area (Å²) in [5.41, 5.74) is 13.6. The van der Waals surface area contributed by atoms with E-state index in [9.17, 15) is 0 Å². The van der Waals surface area contributed by atoms with E-state index in [0.717, 1.165) is 17.2 Å². The molecule has 0 saturated carbocycles. The zero-order chi connectivity index (χ0) is 30.2. The topological polar surface area (TPSA) is 27.1 Å². The molecule has 0 amide bonds. The molecule has 0 bridgehead atoms. The van der Waals surface area contributed by atoms with E-state index in [4.69, 9.17) is 4.74 Å². The molecule has 1 aliphatic carbocycles. The Bertz CT molecular complexity index is 2470. The summed E-state index contributed by atoms with van der Waals surface area (Å²) >= 11 is 0. The lowest BCUT2D eigenvalue weighted by Crippen LogP contribution is -2.54. The summed E-state index contributed by atoms with van der Waals surface area (Å²) in [4.78, 5) is 4.58. The van der Waals surface area contributed by atoms with Crippen LogP contribution < -0.4 is 21.1 Å². The molecule has 2 aromatic heterocycles. The van der Waals surface area contributed by atoms with Crippen molar-refractivity contribution in [2.75, 3.05) is 0 Å². The molecule has 0 N–H and O–H groups in total. The summed E-state index contributed by atoms with van der Waals surface area (Å²) in [6.45, 7) is 0.108. The summed E-state index contributed by atoms with van der Waals surface area (Å²) in [5, 5.41) is 2.53. The van der Waals surface area contributed by atoms with Gasteiger partial charge in [-0.15, -0.1) is 0 Å². The molecule has 3 nitrogen and oxygen atoms in total. The Morgan fingerprint density at radius 3 is 2.26 bits per heavy atom. The van der Waals surface area contributed by atoms with Crippen molar-refractivity contribution < 1.29 is 4.74 Å². The highest BCUT2D eigenvalue weighted by atomic mass is 16.5. The Kier molecular flexibility index (Phi) is 5.43. The van der Waals surface area contributed by atoms with Gasteiger partial charge in [0.25, 0.3) is 6.71 Å². The van der Waals surface area contributed by atoms with Gasteiger partial charge in [-0.1, -0.05) is 115 Å². The average molecular weight is 587 g/mol. The second-order valence-corrected chi connectivity index (χ2v) is 12.3. The molecule has 10 rings (SSSR count). The van der Waals surface area contributed by atoms with E-state index < -0.39 is 0 Å². The fourth-order valence-electron chi connectivity index (χ4n) is 8.01. The maximum atomic E-state index is 6.66. The minimum Gasteiger partial charge on any atom is -0.458 e. The third-order valence-electron chi connectivity index (χ3n) is 9.90. The Hall–Kier alpha value is -5.87. The Balaban J connectivity index is 1.22. The zero-order valence-corrected chi connectivity index (χ0v) is 25.0. The van der Waals surface area contributed by atoms with Crippen LogP contribution in [0.5, 0.6) is 11.5 Å². The van der Waals surface area contributed by atoms with Gasteiger partial charge in [0.15, 0.2) is 0 Å².